The van der Waals surface area contributed by atoms with E-state index in [9.17, 15) is 4.79 Å². The minimum absolute atomic E-state index is 0.0928. The van der Waals surface area contributed by atoms with Crippen LogP contribution in [0.5, 0.6) is 0 Å². The summed E-state index contributed by atoms with van der Waals surface area (Å²) in [6.07, 6.45) is 7.24. The summed E-state index contributed by atoms with van der Waals surface area (Å²) in [5, 5.41) is 6.22. The number of carbonyl (C=O) groups is 1. The summed E-state index contributed by atoms with van der Waals surface area (Å²) in [6.45, 7) is 0.670. The Morgan fingerprint density at radius 3 is 2.83 bits per heavy atom. The predicted octanol–water partition coefficient (Wildman–Crippen LogP) is 7.65. The van der Waals surface area contributed by atoms with Crippen molar-refractivity contribution >= 4 is 67.3 Å². The largest absolute Gasteiger partial charge is 0.343 e. The third kappa shape index (κ3) is 5.70. The molecular weight excluding hydrogens is 455 g/mol. The Morgan fingerprint density at radius 2 is 2.03 bits per heavy atom. The number of hydrogen-bond donors (Lipinski definition) is 1. The normalized spacial score (nSPS) is 16.3. The van der Waals surface area contributed by atoms with E-state index in [1.807, 2.05) is 58.1 Å². The summed E-state index contributed by atoms with van der Waals surface area (Å²) < 4.78 is 2.15. The molecule has 0 radical (unpaired) electrons. The second-order valence-corrected chi connectivity index (χ2v) is 11.2. The lowest BCUT2D eigenvalue weighted by atomic mass is 10.1. The fraction of sp³-hybridized carbons (Fsp3) is 0.348. The van der Waals surface area contributed by atoms with E-state index in [1.54, 1.807) is 6.07 Å². The van der Waals surface area contributed by atoms with Crippen molar-refractivity contribution in [3.8, 4) is 0 Å². The molecule has 0 aliphatic carbocycles. The molecule has 30 heavy (non-hydrogen) atoms. The lowest BCUT2D eigenvalue weighted by molar-refractivity contribution is -0.116. The standard InChI is InChI=1S/C23H24Cl2N2OS2/c24-18-6-5-17(21(25)14-18)15-27-11-9-16-13-19(7-8-22(16)27)26-23(28)4-2-1-3-20-10-12-29-30-20/h5-9,11,13-14,20H,1-4,10,12,15H2,(H,26,28). The van der Waals surface area contributed by atoms with Gasteiger partial charge in [0.2, 0.25) is 5.91 Å². The minimum Gasteiger partial charge on any atom is -0.343 e. The molecule has 0 bridgehead atoms. The zero-order chi connectivity index (χ0) is 20.9. The fourth-order valence-corrected chi connectivity index (χ4v) is 7.19. The van der Waals surface area contributed by atoms with Crippen molar-refractivity contribution in [2.75, 3.05) is 11.1 Å². The van der Waals surface area contributed by atoms with E-state index in [2.05, 4.69) is 16.0 Å². The van der Waals surface area contributed by atoms with Crippen LogP contribution in [-0.4, -0.2) is 21.5 Å². The Morgan fingerprint density at radius 1 is 1.13 bits per heavy atom. The highest BCUT2D eigenvalue weighted by Crippen LogP contribution is 2.39. The van der Waals surface area contributed by atoms with E-state index in [0.29, 0.717) is 23.0 Å². The predicted molar refractivity (Wildman–Crippen MR) is 133 cm³/mol. The molecule has 1 fully saturated rings. The molecule has 3 aromatic rings. The number of benzene rings is 2. The van der Waals surface area contributed by atoms with Crippen molar-refractivity contribution < 1.29 is 4.79 Å². The summed E-state index contributed by atoms with van der Waals surface area (Å²) in [5.41, 5.74) is 2.97. The van der Waals surface area contributed by atoms with Crippen molar-refractivity contribution in [2.24, 2.45) is 0 Å². The number of amides is 1. The third-order valence-corrected chi connectivity index (χ3v) is 8.91. The first-order valence-corrected chi connectivity index (χ1v) is 13.3. The van der Waals surface area contributed by atoms with Crippen LogP contribution in [0.1, 0.15) is 37.7 Å². The first-order valence-electron chi connectivity index (χ1n) is 10.2. The number of aromatic nitrogens is 1. The molecule has 1 aliphatic heterocycles. The molecule has 1 aliphatic rings. The molecule has 1 atom stereocenters. The Hall–Kier alpha value is -1.27. The Kier molecular flexibility index (Phi) is 7.58. The van der Waals surface area contributed by atoms with Crippen molar-refractivity contribution in [1.82, 2.24) is 4.57 Å². The molecule has 4 rings (SSSR count). The second-order valence-electron chi connectivity index (χ2n) is 7.58. The smallest absolute Gasteiger partial charge is 0.224 e. The van der Waals surface area contributed by atoms with Gasteiger partial charge in [0.15, 0.2) is 0 Å². The van der Waals surface area contributed by atoms with E-state index in [-0.39, 0.29) is 5.91 Å². The number of nitrogens with one attached hydrogen (secondary N) is 1. The number of anilines is 1. The van der Waals surface area contributed by atoms with E-state index < -0.39 is 0 Å². The second kappa shape index (κ2) is 10.4. The van der Waals surface area contributed by atoms with E-state index in [0.717, 1.165) is 40.2 Å². The SMILES string of the molecule is O=C(CCCCC1CCSS1)Nc1ccc2c(ccn2Cc2ccc(Cl)cc2Cl)c1. The van der Waals surface area contributed by atoms with Gasteiger partial charge in [-0.05, 0) is 61.2 Å². The summed E-state index contributed by atoms with van der Waals surface area (Å²) in [7, 11) is 3.99. The monoisotopic (exact) mass is 478 g/mol. The average Bonchev–Trinajstić information content (AvgIpc) is 3.37. The van der Waals surface area contributed by atoms with E-state index in [4.69, 9.17) is 23.2 Å². The van der Waals surface area contributed by atoms with Crippen LogP contribution in [0.25, 0.3) is 10.9 Å². The molecule has 7 heteroatoms. The van der Waals surface area contributed by atoms with E-state index >= 15 is 0 Å². The number of halogens is 2. The first-order chi connectivity index (χ1) is 14.6. The first kappa shape index (κ1) is 21.9. The fourth-order valence-electron chi connectivity index (χ4n) is 3.69. The van der Waals surface area contributed by atoms with Gasteiger partial charge in [0, 0.05) is 56.8 Å². The van der Waals surface area contributed by atoms with Gasteiger partial charge in [-0.1, -0.05) is 57.3 Å². The van der Waals surface area contributed by atoms with Gasteiger partial charge in [-0.3, -0.25) is 4.79 Å². The van der Waals surface area contributed by atoms with Crippen molar-refractivity contribution in [3.63, 3.8) is 0 Å². The van der Waals surface area contributed by atoms with Gasteiger partial charge in [0.25, 0.3) is 0 Å². The highest BCUT2D eigenvalue weighted by atomic mass is 35.5. The lowest BCUT2D eigenvalue weighted by Gasteiger charge is -2.10. The Labute approximate surface area is 195 Å². The van der Waals surface area contributed by atoms with Gasteiger partial charge >= 0.3 is 0 Å². The van der Waals surface area contributed by atoms with Crippen LogP contribution in [0, 0.1) is 0 Å². The molecule has 1 aromatic heterocycles. The van der Waals surface area contributed by atoms with Crippen molar-refractivity contribution in [1.29, 1.82) is 0 Å². The zero-order valence-electron chi connectivity index (χ0n) is 16.6. The molecular formula is C23H24Cl2N2OS2. The Balaban J connectivity index is 1.33. The van der Waals surface area contributed by atoms with Crippen molar-refractivity contribution in [3.05, 3.63) is 64.3 Å². The topological polar surface area (TPSA) is 34.0 Å². The molecule has 1 N–H and O–H groups in total. The van der Waals surface area contributed by atoms with Crippen LogP contribution >= 0.6 is 44.8 Å². The van der Waals surface area contributed by atoms with Gasteiger partial charge in [0.1, 0.15) is 0 Å². The molecule has 2 heterocycles. The Bertz CT molecular complexity index is 1030. The molecule has 1 amide bonds. The molecule has 0 spiro atoms. The molecule has 2 aromatic carbocycles. The quantitative estimate of drug-likeness (QED) is 0.266. The maximum Gasteiger partial charge on any atom is 0.224 e. The van der Waals surface area contributed by atoms with Gasteiger partial charge in [-0.15, -0.1) is 0 Å². The highest BCUT2D eigenvalue weighted by Gasteiger charge is 2.16. The summed E-state index contributed by atoms with van der Waals surface area (Å²) >= 11 is 12.3. The number of hydrogen-bond acceptors (Lipinski definition) is 3. The third-order valence-electron chi connectivity index (χ3n) is 5.32. The van der Waals surface area contributed by atoms with E-state index in [1.165, 1.54) is 18.6 Å². The van der Waals surface area contributed by atoms with Gasteiger partial charge in [0.05, 0.1) is 0 Å². The molecule has 1 unspecified atom stereocenters. The maximum absolute atomic E-state index is 12.3. The molecule has 1 saturated heterocycles. The number of carbonyl (C=O) groups excluding carboxylic acids is 1. The van der Waals surface area contributed by atoms with Crippen LogP contribution in [0.15, 0.2) is 48.7 Å². The van der Waals surface area contributed by atoms with Crippen LogP contribution in [0.4, 0.5) is 5.69 Å². The minimum atomic E-state index is 0.0928. The number of unbranched alkanes of at least 4 members (excludes halogenated alkanes) is 1. The molecule has 3 nitrogen and oxygen atoms in total. The summed E-state index contributed by atoms with van der Waals surface area (Å²) in [4.78, 5) is 12.3. The molecule has 0 saturated carbocycles. The van der Waals surface area contributed by atoms with Crippen LogP contribution in [0.2, 0.25) is 10.0 Å². The van der Waals surface area contributed by atoms with Crippen molar-refractivity contribution in [2.45, 2.75) is 43.9 Å². The lowest BCUT2D eigenvalue weighted by Crippen LogP contribution is -2.11. The zero-order valence-corrected chi connectivity index (χ0v) is 19.7. The number of rotatable bonds is 8. The van der Waals surface area contributed by atoms with Crippen LogP contribution in [-0.2, 0) is 11.3 Å². The van der Waals surface area contributed by atoms with Crippen LogP contribution in [0.3, 0.4) is 0 Å². The number of fused-ring (bicyclic) bond motifs is 1. The van der Waals surface area contributed by atoms with Gasteiger partial charge in [-0.2, -0.15) is 0 Å². The molecule has 158 valence electrons. The van der Waals surface area contributed by atoms with Gasteiger partial charge in [-0.25, -0.2) is 0 Å². The summed E-state index contributed by atoms with van der Waals surface area (Å²) in [6, 6.07) is 13.7. The maximum atomic E-state index is 12.3. The van der Waals surface area contributed by atoms with Gasteiger partial charge < -0.3 is 9.88 Å². The average molecular weight is 479 g/mol. The highest BCUT2D eigenvalue weighted by molar-refractivity contribution is 8.77. The summed E-state index contributed by atoms with van der Waals surface area (Å²) in [5.74, 6) is 1.36. The van der Waals surface area contributed by atoms with Crippen LogP contribution < -0.4 is 5.32 Å². The number of nitrogens with zero attached hydrogens (tertiary/aromatic N) is 1.